The van der Waals surface area contributed by atoms with Crippen molar-refractivity contribution < 1.29 is 9.72 Å². The van der Waals surface area contributed by atoms with Crippen LogP contribution >= 0.6 is 0 Å². The van der Waals surface area contributed by atoms with Gasteiger partial charge in [0, 0.05) is 30.6 Å². The van der Waals surface area contributed by atoms with E-state index in [2.05, 4.69) is 11.6 Å². The Labute approximate surface area is 104 Å². The molecule has 0 aromatic carbocycles. The summed E-state index contributed by atoms with van der Waals surface area (Å²) in [5.41, 5.74) is 0.504. The van der Waals surface area contributed by atoms with Gasteiger partial charge < -0.3 is 0 Å². The van der Waals surface area contributed by atoms with Gasteiger partial charge in [-0.3, -0.25) is 19.8 Å². The van der Waals surface area contributed by atoms with E-state index in [0.29, 0.717) is 18.7 Å². The number of rotatable bonds is 3. The first kappa shape index (κ1) is 12.2. The molecule has 1 aromatic heterocycles. The highest BCUT2D eigenvalue weighted by Gasteiger charge is 2.33. The normalized spacial score (nSPS) is 19.1. The Hall–Kier alpha value is -2.24. The average molecular weight is 247 g/mol. The van der Waals surface area contributed by atoms with Crippen molar-refractivity contribution in [2.75, 3.05) is 11.4 Å². The van der Waals surface area contributed by atoms with Gasteiger partial charge >= 0.3 is 5.69 Å². The van der Waals surface area contributed by atoms with E-state index in [4.69, 9.17) is 0 Å². The van der Waals surface area contributed by atoms with Crippen LogP contribution in [-0.2, 0) is 4.79 Å². The molecule has 0 aliphatic carbocycles. The van der Waals surface area contributed by atoms with Crippen molar-refractivity contribution in [3.05, 3.63) is 40.6 Å². The van der Waals surface area contributed by atoms with Gasteiger partial charge in [-0.15, -0.1) is 6.58 Å². The summed E-state index contributed by atoms with van der Waals surface area (Å²) >= 11 is 0. The summed E-state index contributed by atoms with van der Waals surface area (Å²) in [5.74, 6) is 0.00914. The molecule has 0 spiro atoms. The largest absolute Gasteiger partial charge is 0.312 e. The van der Waals surface area contributed by atoms with Gasteiger partial charge in [0.15, 0.2) is 0 Å². The Balaban J connectivity index is 2.44. The summed E-state index contributed by atoms with van der Waals surface area (Å²) in [7, 11) is 0. The maximum Gasteiger partial charge on any atom is 0.312 e. The van der Waals surface area contributed by atoms with Crippen LogP contribution < -0.4 is 4.90 Å². The Bertz CT molecular complexity index is 527. The number of nitro groups is 1. The van der Waals surface area contributed by atoms with Crippen molar-refractivity contribution in [1.82, 2.24) is 4.98 Å². The van der Waals surface area contributed by atoms with Crippen LogP contribution in [0.15, 0.2) is 24.8 Å². The van der Waals surface area contributed by atoms with E-state index in [1.807, 2.05) is 0 Å². The molecule has 6 heteroatoms. The smallest absolute Gasteiger partial charge is 0.290 e. The lowest BCUT2D eigenvalue weighted by molar-refractivity contribution is -0.384. The highest BCUT2D eigenvalue weighted by Crippen LogP contribution is 2.31. The first-order valence-electron chi connectivity index (χ1n) is 5.58. The van der Waals surface area contributed by atoms with Crippen LogP contribution in [-0.4, -0.2) is 22.4 Å². The molecule has 6 nitrogen and oxygen atoms in total. The van der Waals surface area contributed by atoms with E-state index < -0.39 is 4.92 Å². The van der Waals surface area contributed by atoms with Crippen molar-refractivity contribution in [3.63, 3.8) is 0 Å². The van der Waals surface area contributed by atoms with Gasteiger partial charge in [0.2, 0.25) is 11.7 Å². The van der Waals surface area contributed by atoms with Gasteiger partial charge in [-0.2, -0.15) is 0 Å². The number of carbonyl (C=O) groups is 1. The second-order valence-electron chi connectivity index (χ2n) is 4.26. The number of nitrogens with zero attached hydrogens (tertiary/aromatic N) is 3. The molecule has 0 radical (unpaired) electrons. The lowest BCUT2D eigenvalue weighted by atomic mass is 10.1. The number of anilines is 1. The van der Waals surface area contributed by atoms with Crippen molar-refractivity contribution in [2.24, 2.45) is 5.92 Å². The van der Waals surface area contributed by atoms with E-state index >= 15 is 0 Å². The molecule has 0 saturated carbocycles. The predicted molar refractivity (Wildman–Crippen MR) is 66.3 cm³/mol. The van der Waals surface area contributed by atoms with Crippen LogP contribution in [0.25, 0.3) is 0 Å². The standard InChI is InChI=1S/C12H13N3O3/c1-3-9-6-11(16)14(7-9)12-10(15(17)18)5-4-8(2)13-12/h3-5,9H,1,6-7H2,2H3. The molecule has 0 N–H and O–H groups in total. The minimum absolute atomic E-state index is 0.0272. The molecule has 1 amide bonds. The number of amides is 1. The zero-order valence-corrected chi connectivity index (χ0v) is 10.00. The monoisotopic (exact) mass is 247 g/mol. The SMILES string of the molecule is C=CC1CC(=O)N(c2nc(C)ccc2[N+](=O)[O-])C1. The van der Waals surface area contributed by atoms with E-state index in [1.54, 1.807) is 19.1 Å². The minimum Gasteiger partial charge on any atom is -0.290 e. The maximum atomic E-state index is 11.8. The zero-order valence-electron chi connectivity index (χ0n) is 10.00. The third-order valence-electron chi connectivity index (χ3n) is 2.93. The lowest BCUT2D eigenvalue weighted by Gasteiger charge is -2.15. The van der Waals surface area contributed by atoms with Crippen molar-refractivity contribution in [1.29, 1.82) is 0 Å². The molecule has 18 heavy (non-hydrogen) atoms. The third kappa shape index (κ3) is 2.09. The number of hydrogen-bond donors (Lipinski definition) is 0. The number of aryl methyl sites for hydroxylation is 1. The van der Waals surface area contributed by atoms with E-state index in [-0.39, 0.29) is 23.3 Å². The number of hydrogen-bond acceptors (Lipinski definition) is 4. The molecule has 1 atom stereocenters. The van der Waals surface area contributed by atoms with Gasteiger partial charge in [-0.05, 0) is 13.0 Å². The summed E-state index contributed by atoms with van der Waals surface area (Å²) in [6.07, 6.45) is 2.02. The van der Waals surface area contributed by atoms with Crippen LogP contribution in [0.4, 0.5) is 11.5 Å². The maximum absolute atomic E-state index is 11.8. The van der Waals surface area contributed by atoms with Gasteiger partial charge in [0.1, 0.15) is 0 Å². The molecule has 0 bridgehead atoms. The predicted octanol–water partition coefficient (Wildman–Crippen LogP) is 1.84. The fraction of sp³-hybridized carbons (Fsp3) is 0.333. The molecule has 1 fully saturated rings. The van der Waals surface area contributed by atoms with Crippen LogP contribution in [0.1, 0.15) is 12.1 Å². The molecule has 1 aliphatic heterocycles. The summed E-state index contributed by atoms with van der Waals surface area (Å²) < 4.78 is 0. The third-order valence-corrected chi connectivity index (χ3v) is 2.93. The molecule has 1 aliphatic rings. The fourth-order valence-corrected chi connectivity index (χ4v) is 1.97. The Morgan fingerprint density at radius 2 is 2.33 bits per heavy atom. The van der Waals surface area contributed by atoms with Crippen LogP contribution in [0.2, 0.25) is 0 Å². The molecule has 1 saturated heterocycles. The van der Waals surface area contributed by atoms with Gasteiger partial charge in [-0.1, -0.05) is 6.08 Å². The van der Waals surface area contributed by atoms with Crippen molar-refractivity contribution >= 4 is 17.4 Å². The zero-order chi connectivity index (χ0) is 13.3. The van der Waals surface area contributed by atoms with Crippen molar-refractivity contribution in [2.45, 2.75) is 13.3 Å². The molecule has 1 unspecified atom stereocenters. The highest BCUT2D eigenvalue weighted by atomic mass is 16.6. The quantitative estimate of drug-likeness (QED) is 0.464. The Kier molecular flexibility index (Phi) is 3.10. The van der Waals surface area contributed by atoms with Gasteiger partial charge in [-0.25, -0.2) is 4.98 Å². The summed E-state index contributed by atoms with van der Waals surface area (Å²) in [5, 5.41) is 11.0. The molecule has 1 aromatic rings. The molecule has 2 heterocycles. The number of carbonyl (C=O) groups excluding carboxylic acids is 1. The topological polar surface area (TPSA) is 76.3 Å². The Morgan fingerprint density at radius 3 is 2.89 bits per heavy atom. The molecule has 2 rings (SSSR count). The second-order valence-corrected chi connectivity index (χ2v) is 4.26. The van der Waals surface area contributed by atoms with Gasteiger partial charge in [0.25, 0.3) is 0 Å². The highest BCUT2D eigenvalue weighted by molar-refractivity contribution is 5.96. The second kappa shape index (κ2) is 4.56. The minimum atomic E-state index is -0.518. The molecular formula is C12H13N3O3. The fourth-order valence-electron chi connectivity index (χ4n) is 1.97. The van der Waals surface area contributed by atoms with E-state index in [9.17, 15) is 14.9 Å². The molecular weight excluding hydrogens is 234 g/mol. The van der Waals surface area contributed by atoms with Crippen molar-refractivity contribution in [3.8, 4) is 0 Å². The van der Waals surface area contributed by atoms with E-state index in [0.717, 1.165) is 0 Å². The number of aromatic nitrogens is 1. The molecule has 94 valence electrons. The van der Waals surface area contributed by atoms with Gasteiger partial charge in [0.05, 0.1) is 4.92 Å². The lowest BCUT2D eigenvalue weighted by Crippen LogP contribution is -2.26. The van der Waals surface area contributed by atoms with E-state index in [1.165, 1.54) is 11.0 Å². The summed E-state index contributed by atoms with van der Waals surface area (Å²) in [4.78, 5) is 27.8. The van der Waals surface area contributed by atoms with Crippen LogP contribution in [0, 0.1) is 23.0 Å². The average Bonchev–Trinajstić information content (AvgIpc) is 2.70. The van der Waals surface area contributed by atoms with Crippen LogP contribution in [0.5, 0.6) is 0 Å². The summed E-state index contributed by atoms with van der Waals surface area (Å²) in [6.45, 7) is 5.78. The Morgan fingerprint density at radius 1 is 1.61 bits per heavy atom. The summed E-state index contributed by atoms with van der Waals surface area (Å²) in [6, 6.07) is 2.94. The first-order valence-corrected chi connectivity index (χ1v) is 5.58. The number of pyridine rings is 1. The first-order chi connectivity index (χ1) is 8.52. The van der Waals surface area contributed by atoms with Crippen LogP contribution in [0.3, 0.4) is 0 Å².